The third-order valence-corrected chi connectivity index (χ3v) is 4.48. The van der Waals surface area contributed by atoms with Crippen molar-refractivity contribution in [1.29, 1.82) is 0 Å². The van der Waals surface area contributed by atoms with Gasteiger partial charge in [-0.15, -0.1) is 0 Å². The first kappa shape index (κ1) is 21.6. The third kappa shape index (κ3) is 5.16. The van der Waals surface area contributed by atoms with Gasteiger partial charge in [-0.2, -0.15) is 0 Å². The largest absolute Gasteiger partial charge is 0.493 e. The van der Waals surface area contributed by atoms with Crippen LogP contribution in [-0.2, 0) is 16.1 Å². The van der Waals surface area contributed by atoms with Gasteiger partial charge >= 0.3 is 12.0 Å². The van der Waals surface area contributed by atoms with Crippen LogP contribution in [0.1, 0.15) is 25.8 Å². The van der Waals surface area contributed by atoms with E-state index in [1.54, 1.807) is 21.1 Å². The summed E-state index contributed by atoms with van der Waals surface area (Å²) >= 11 is 0. The Kier molecular flexibility index (Phi) is 7.69. The number of amides is 2. The van der Waals surface area contributed by atoms with Crippen molar-refractivity contribution >= 4 is 12.0 Å². The zero-order chi connectivity index (χ0) is 20.7. The molecule has 0 bridgehead atoms. The number of carbonyl (C=O) groups is 2. The number of methoxy groups -OCH3 is 2. The molecule has 2 rings (SSSR count). The second-order valence-corrected chi connectivity index (χ2v) is 6.53. The van der Waals surface area contributed by atoms with Gasteiger partial charge in [0, 0.05) is 18.8 Å². The minimum absolute atomic E-state index is 0.279. The molecule has 1 heterocycles. The van der Waals surface area contributed by atoms with E-state index in [4.69, 9.17) is 14.2 Å². The van der Waals surface area contributed by atoms with Gasteiger partial charge in [0.1, 0.15) is 0 Å². The van der Waals surface area contributed by atoms with E-state index in [2.05, 4.69) is 10.6 Å². The molecule has 2 N–H and O–H groups in total. The SMILES string of the molecule is CCOC(=O)C1=C(CN(C)Cc2ccc(OC)c(OC)c2)NC(=O)N[C@H]1CC. The van der Waals surface area contributed by atoms with Gasteiger partial charge in [-0.3, -0.25) is 4.90 Å². The molecule has 1 aliphatic heterocycles. The van der Waals surface area contributed by atoms with Crippen molar-refractivity contribution in [3.8, 4) is 11.5 Å². The van der Waals surface area contributed by atoms with Crippen LogP contribution in [0.4, 0.5) is 4.79 Å². The first-order valence-corrected chi connectivity index (χ1v) is 9.30. The zero-order valence-electron chi connectivity index (χ0n) is 17.1. The van der Waals surface area contributed by atoms with E-state index >= 15 is 0 Å². The Morgan fingerprint density at radius 1 is 1.14 bits per heavy atom. The number of ether oxygens (including phenoxy) is 3. The molecule has 28 heavy (non-hydrogen) atoms. The van der Waals surface area contributed by atoms with Gasteiger partial charge in [0.05, 0.1) is 32.4 Å². The van der Waals surface area contributed by atoms with Crippen molar-refractivity contribution < 1.29 is 23.8 Å². The zero-order valence-corrected chi connectivity index (χ0v) is 17.1. The first-order valence-electron chi connectivity index (χ1n) is 9.30. The van der Waals surface area contributed by atoms with E-state index in [9.17, 15) is 9.59 Å². The highest BCUT2D eigenvalue weighted by Crippen LogP contribution is 2.28. The average Bonchev–Trinajstić information content (AvgIpc) is 2.67. The maximum absolute atomic E-state index is 12.5. The van der Waals surface area contributed by atoms with Crippen LogP contribution in [0.25, 0.3) is 0 Å². The minimum Gasteiger partial charge on any atom is -0.493 e. The number of carbonyl (C=O) groups excluding carboxylic acids is 2. The minimum atomic E-state index is -0.406. The fraction of sp³-hybridized carbons (Fsp3) is 0.500. The molecule has 0 spiro atoms. The maximum atomic E-state index is 12.5. The summed E-state index contributed by atoms with van der Waals surface area (Å²) in [7, 11) is 5.11. The second kappa shape index (κ2) is 9.98. The number of urea groups is 1. The van der Waals surface area contributed by atoms with Gasteiger partial charge in [0.15, 0.2) is 11.5 Å². The molecule has 2 amide bonds. The van der Waals surface area contributed by atoms with Crippen LogP contribution >= 0.6 is 0 Å². The summed E-state index contributed by atoms with van der Waals surface area (Å²) in [5, 5.41) is 5.55. The summed E-state index contributed by atoms with van der Waals surface area (Å²) in [4.78, 5) is 26.5. The summed E-state index contributed by atoms with van der Waals surface area (Å²) < 4.78 is 15.8. The van der Waals surface area contributed by atoms with E-state index in [0.717, 1.165) is 5.56 Å². The molecule has 154 valence electrons. The average molecular weight is 391 g/mol. The molecule has 8 heteroatoms. The van der Waals surface area contributed by atoms with Crippen molar-refractivity contribution in [3.05, 3.63) is 35.0 Å². The molecule has 0 fully saturated rings. The molecule has 1 aliphatic rings. The summed E-state index contributed by atoms with van der Waals surface area (Å²) in [6.07, 6.45) is 0.602. The lowest BCUT2D eigenvalue weighted by Gasteiger charge is -2.30. The van der Waals surface area contributed by atoms with Gasteiger partial charge < -0.3 is 24.8 Å². The maximum Gasteiger partial charge on any atom is 0.337 e. The Balaban J connectivity index is 2.22. The molecule has 0 saturated heterocycles. The molecular formula is C20H29N3O5. The lowest BCUT2D eigenvalue weighted by atomic mass is 10.00. The summed E-state index contributed by atoms with van der Waals surface area (Å²) in [5.74, 6) is 0.912. The van der Waals surface area contributed by atoms with Crippen LogP contribution in [-0.4, -0.2) is 57.4 Å². The smallest absolute Gasteiger partial charge is 0.337 e. The van der Waals surface area contributed by atoms with Gasteiger partial charge in [0.25, 0.3) is 0 Å². The number of nitrogens with one attached hydrogen (secondary N) is 2. The number of likely N-dealkylation sites (N-methyl/N-ethyl adjacent to an activating group) is 1. The van der Waals surface area contributed by atoms with E-state index in [1.807, 2.05) is 37.1 Å². The molecule has 0 saturated carbocycles. The van der Waals surface area contributed by atoms with Gasteiger partial charge in [-0.05, 0) is 38.1 Å². The van der Waals surface area contributed by atoms with E-state index in [0.29, 0.717) is 42.3 Å². The third-order valence-electron chi connectivity index (χ3n) is 4.48. The van der Waals surface area contributed by atoms with Crippen molar-refractivity contribution in [2.45, 2.75) is 32.9 Å². The fourth-order valence-corrected chi connectivity index (χ4v) is 3.20. The number of esters is 1. The Hall–Kier alpha value is -2.74. The van der Waals surface area contributed by atoms with Crippen LogP contribution in [0.15, 0.2) is 29.5 Å². The van der Waals surface area contributed by atoms with E-state index < -0.39 is 5.97 Å². The summed E-state index contributed by atoms with van der Waals surface area (Å²) in [6.45, 7) is 4.95. The monoisotopic (exact) mass is 391 g/mol. The van der Waals surface area contributed by atoms with E-state index in [1.165, 1.54) is 0 Å². The van der Waals surface area contributed by atoms with Crippen molar-refractivity contribution in [2.75, 3.05) is 34.4 Å². The Bertz CT molecular complexity index is 747. The molecule has 0 unspecified atom stereocenters. The quantitative estimate of drug-likeness (QED) is 0.627. The van der Waals surface area contributed by atoms with Crippen LogP contribution in [0.5, 0.6) is 11.5 Å². The van der Waals surface area contributed by atoms with Crippen LogP contribution < -0.4 is 20.1 Å². The number of hydrogen-bond acceptors (Lipinski definition) is 6. The molecule has 0 aliphatic carbocycles. The highest BCUT2D eigenvalue weighted by molar-refractivity contribution is 5.94. The Morgan fingerprint density at radius 2 is 1.86 bits per heavy atom. The van der Waals surface area contributed by atoms with Gasteiger partial charge in [-0.25, -0.2) is 9.59 Å². The van der Waals surface area contributed by atoms with Crippen molar-refractivity contribution in [2.24, 2.45) is 0 Å². The Morgan fingerprint density at radius 3 is 2.46 bits per heavy atom. The summed E-state index contributed by atoms with van der Waals surface area (Å²) in [6, 6.07) is 5.04. The number of rotatable bonds is 9. The van der Waals surface area contributed by atoms with E-state index in [-0.39, 0.29) is 18.7 Å². The van der Waals surface area contributed by atoms with Crippen molar-refractivity contribution in [1.82, 2.24) is 15.5 Å². The van der Waals surface area contributed by atoms with Gasteiger partial charge in [-0.1, -0.05) is 13.0 Å². The molecular weight excluding hydrogens is 362 g/mol. The first-order chi connectivity index (χ1) is 13.4. The highest BCUT2D eigenvalue weighted by atomic mass is 16.5. The number of benzene rings is 1. The predicted molar refractivity (Wildman–Crippen MR) is 105 cm³/mol. The van der Waals surface area contributed by atoms with Crippen LogP contribution in [0.2, 0.25) is 0 Å². The standard InChI is InChI=1S/C20H29N3O5/c1-6-14-18(19(24)28-7-2)15(22-20(25)21-14)12-23(3)11-13-8-9-16(26-4)17(10-13)27-5/h8-10,14H,6-7,11-12H2,1-5H3,(H2,21,22,25)/t14-/m0/s1. The molecule has 0 radical (unpaired) electrons. The summed E-state index contributed by atoms with van der Waals surface area (Å²) in [5.41, 5.74) is 2.06. The molecule has 1 atom stereocenters. The van der Waals surface area contributed by atoms with Crippen LogP contribution in [0.3, 0.4) is 0 Å². The Labute approximate surface area is 165 Å². The number of nitrogens with zero attached hydrogens (tertiary/aromatic N) is 1. The van der Waals surface area contributed by atoms with Crippen LogP contribution in [0, 0.1) is 0 Å². The van der Waals surface area contributed by atoms with Crippen molar-refractivity contribution in [3.63, 3.8) is 0 Å². The lowest BCUT2D eigenvalue weighted by Crippen LogP contribution is -2.51. The molecule has 1 aromatic carbocycles. The predicted octanol–water partition coefficient (Wildman–Crippen LogP) is 2.04. The van der Waals surface area contributed by atoms with Gasteiger partial charge in [0.2, 0.25) is 0 Å². The molecule has 8 nitrogen and oxygen atoms in total. The normalized spacial score (nSPS) is 16.5. The molecule has 0 aromatic heterocycles. The number of hydrogen-bond donors (Lipinski definition) is 2. The highest BCUT2D eigenvalue weighted by Gasteiger charge is 2.31. The molecule has 1 aromatic rings. The second-order valence-electron chi connectivity index (χ2n) is 6.53. The topological polar surface area (TPSA) is 89.1 Å². The lowest BCUT2D eigenvalue weighted by molar-refractivity contribution is -0.139. The fourth-order valence-electron chi connectivity index (χ4n) is 3.20.